The summed E-state index contributed by atoms with van der Waals surface area (Å²) in [6.07, 6.45) is 5.53. The molecule has 1 aliphatic heterocycles. The lowest BCUT2D eigenvalue weighted by Crippen LogP contribution is -2.43. The number of epoxide rings is 1. The zero-order valence-corrected chi connectivity index (χ0v) is 12.2. The third-order valence-corrected chi connectivity index (χ3v) is 4.64. The molecular formula is C15H30O2. The average molecular weight is 242 g/mol. The van der Waals surface area contributed by atoms with Gasteiger partial charge in [0.25, 0.3) is 0 Å². The van der Waals surface area contributed by atoms with Crippen molar-refractivity contribution in [3.8, 4) is 0 Å². The first kappa shape index (κ1) is 15.0. The maximum Gasteiger partial charge on any atom is 0.0809 e. The molecule has 0 amide bonds. The Balaban J connectivity index is 0.000000202. The largest absolute Gasteiger partial charge is 0.392 e. The van der Waals surface area contributed by atoms with Crippen LogP contribution in [0.15, 0.2) is 0 Å². The molecule has 17 heavy (non-hydrogen) atoms. The van der Waals surface area contributed by atoms with E-state index in [4.69, 9.17) is 4.74 Å². The van der Waals surface area contributed by atoms with Gasteiger partial charge in [0.15, 0.2) is 0 Å². The van der Waals surface area contributed by atoms with Crippen LogP contribution in [0.5, 0.6) is 0 Å². The summed E-state index contributed by atoms with van der Waals surface area (Å²) in [5.74, 6) is 1.15. The number of hydrogen-bond donors (Lipinski definition) is 1. The summed E-state index contributed by atoms with van der Waals surface area (Å²) in [5, 5.41) is 9.88. The Morgan fingerprint density at radius 1 is 1.24 bits per heavy atom. The lowest BCUT2D eigenvalue weighted by Gasteiger charge is -2.44. The first-order valence-electron chi connectivity index (χ1n) is 7.19. The summed E-state index contributed by atoms with van der Waals surface area (Å²) in [4.78, 5) is 0. The fourth-order valence-electron chi connectivity index (χ4n) is 2.62. The fraction of sp³-hybridized carbons (Fsp3) is 1.00. The van der Waals surface area contributed by atoms with Gasteiger partial charge in [0.2, 0.25) is 0 Å². The Morgan fingerprint density at radius 2 is 1.82 bits per heavy atom. The van der Waals surface area contributed by atoms with Gasteiger partial charge in [0.1, 0.15) is 0 Å². The van der Waals surface area contributed by atoms with E-state index < -0.39 is 0 Å². The van der Waals surface area contributed by atoms with Gasteiger partial charge >= 0.3 is 0 Å². The zero-order chi connectivity index (χ0) is 13.1. The molecule has 1 saturated carbocycles. The smallest absolute Gasteiger partial charge is 0.0809 e. The minimum atomic E-state index is -0.105. The first-order chi connectivity index (χ1) is 7.89. The molecule has 102 valence electrons. The van der Waals surface area contributed by atoms with Crippen molar-refractivity contribution in [1.29, 1.82) is 0 Å². The zero-order valence-electron chi connectivity index (χ0n) is 12.2. The van der Waals surface area contributed by atoms with Crippen LogP contribution in [0.2, 0.25) is 0 Å². The van der Waals surface area contributed by atoms with Crippen LogP contribution in [0.1, 0.15) is 60.3 Å². The highest BCUT2D eigenvalue weighted by atomic mass is 16.6. The van der Waals surface area contributed by atoms with E-state index in [2.05, 4.69) is 34.6 Å². The predicted octanol–water partition coefficient (Wildman–Crippen LogP) is 3.62. The number of ether oxygens (including phenoxy) is 1. The van der Waals surface area contributed by atoms with Crippen LogP contribution in [0.25, 0.3) is 0 Å². The molecule has 0 bridgehead atoms. The van der Waals surface area contributed by atoms with E-state index in [-0.39, 0.29) is 11.5 Å². The molecule has 0 aromatic carbocycles. The molecule has 0 aromatic rings. The highest BCUT2D eigenvalue weighted by Gasteiger charge is 2.40. The van der Waals surface area contributed by atoms with Gasteiger partial charge in [0, 0.05) is 0 Å². The highest BCUT2D eigenvalue weighted by Crippen LogP contribution is 2.42. The van der Waals surface area contributed by atoms with Gasteiger partial charge in [0.05, 0.1) is 18.8 Å². The van der Waals surface area contributed by atoms with E-state index in [9.17, 15) is 5.11 Å². The standard InChI is InChI=1S/C10H20O.C5H10O/c1-7-5-6-8(2)10(3,4)9(7)11;1-2-3-5-4-6-5/h7-9,11H,5-6H2,1-4H3;5H,2-4H2,1H3. The van der Waals surface area contributed by atoms with Crippen LogP contribution in [-0.4, -0.2) is 23.9 Å². The predicted molar refractivity (Wildman–Crippen MR) is 72.0 cm³/mol. The summed E-state index contributed by atoms with van der Waals surface area (Å²) in [6.45, 7) is 12.0. The number of aliphatic hydroxyl groups excluding tert-OH is 1. The minimum absolute atomic E-state index is 0.105. The van der Waals surface area contributed by atoms with Gasteiger partial charge in [-0.1, -0.05) is 41.0 Å². The third kappa shape index (κ3) is 4.26. The SMILES string of the molecule is CC1CCC(C)C(C)(C)C1O.CCCC1CO1. The Labute approximate surface area is 107 Å². The monoisotopic (exact) mass is 242 g/mol. The van der Waals surface area contributed by atoms with E-state index in [1.54, 1.807) is 0 Å². The minimum Gasteiger partial charge on any atom is -0.392 e. The summed E-state index contributed by atoms with van der Waals surface area (Å²) in [5.41, 5.74) is 0.123. The maximum absolute atomic E-state index is 9.88. The molecule has 1 saturated heterocycles. The molecule has 0 spiro atoms. The average Bonchev–Trinajstić information content (AvgIpc) is 3.07. The van der Waals surface area contributed by atoms with Crippen molar-refractivity contribution in [2.24, 2.45) is 17.3 Å². The van der Waals surface area contributed by atoms with Gasteiger partial charge in [-0.05, 0) is 36.5 Å². The Morgan fingerprint density at radius 3 is 2.18 bits per heavy atom. The molecule has 1 N–H and O–H groups in total. The van der Waals surface area contributed by atoms with Crippen LogP contribution in [-0.2, 0) is 4.74 Å². The molecule has 1 aliphatic carbocycles. The molecule has 2 aliphatic rings. The van der Waals surface area contributed by atoms with Gasteiger partial charge < -0.3 is 9.84 Å². The van der Waals surface area contributed by atoms with Crippen LogP contribution >= 0.6 is 0 Å². The van der Waals surface area contributed by atoms with E-state index in [1.807, 2.05) is 0 Å². The molecule has 4 unspecified atom stereocenters. The summed E-state index contributed by atoms with van der Waals surface area (Å²) < 4.78 is 4.95. The second-order valence-electron chi connectivity index (χ2n) is 6.47. The van der Waals surface area contributed by atoms with Crippen molar-refractivity contribution in [2.45, 2.75) is 72.5 Å². The number of rotatable bonds is 2. The molecule has 0 radical (unpaired) electrons. The lowest BCUT2D eigenvalue weighted by molar-refractivity contribution is -0.0579. The number of aliphatic hydroxyl groups is 1. The van der Waals surface area contributed by atoms with Crippen LogP contribution < -0.4 is 0 Å². The van der Waals surface area contributed by atoms with E-state index >= 15 is 0 Å². The Hall–Kier alpha value is -0.0800. The maximum atomic E-state index is 9.88. The Bertz CT molecular complexity index is 221. The van der Waals surface area contributed by atoms with Crippen molar-refractivity contribution >= 4 is 0 Å². The van der Waals surface area contributed by atoms with Gasteiger partial charge in [-0.3, -0.25) is 0 Å². The van der Waals surface area contributed by atoms with Gasteiger partial charge in [-0.25, -0.2) is 0 Å². The molecule has 4 atom stereocenters. The summed E-state index contributed by atoms with van der Waals surface area (Å²) >= 11 is 0. The molecule has 1 heterocycles. The van der Waals surface area contributed by atoms with Crippen molar-refractivity contribution < 1.29 is 9.84 Å². The molecule has 2 nitrogen and oxygen atoms in total. The van der Waals surface area contributed by atoms with E-state index in [0.717, 1.165) is 6.61 Å². The van der Waals surface area contributed by atoms with Crippen LogP contribution in [0, 0.1) is 17.3 Å². The van der Waals surface area contributed by atoms with Crippen molar-refractivity contribution in [1.82, 2.24) is 0 Å². The van der Waals surface area contributed by atoms with Crippen molar-refractivity contribution in [3.05, 3.63) is 0 Å². The van der Waals surface area contributed by atoms with Gasteiger partial charge in [-0.2, -0.15) is 0 Å². The normalized spacial score (nSPS) is 39.2. The Kier molecular flexibility index (Phi) is 5.46. The summed E-state index contributed by atoms with van der Waals surface area (Å²) in [7, 11) is 0. The molecule has 2 heteroatoms. The topological polar surface area (TPSA) is 32.8 Å². The molecule has 2 rings (SSSR count). The lowest BCUT2D eigenvalue weighted by atomic mass is 9.64. The third-order valence-electron chi connectivity index (χ3n) is 4.64. The van der Waals surface area contributed by atoms with E-state index in [1.165, 1.54) is 25.7 Å². The van der Waals surface area contributed by atoms with Gasteiger partial charge in [-0.15, -0.1) is 0 Å². The molecule has 2 fully saturated rings. The van der Waals surface area contributed by atoms with E-state index in [0.29, 0.717) is 17.9 Å². The van der Waals surface area contributed by atoms with Crippen molar-refractivity contribution in [3.63, 3.8) is 0 Å². The second-order valence-corrected chi connectivity index (χ2v) is 6.47. The summed E-state index contributed by atoms with van der Waals surface area (Å²) in [6, 6.07) is 0. The van der Waals surface area contributed by atoms with Crippen LogP contribution in [0.4, 0.5) is 0 Å². The second kappa shape index (κ2) is 6.19. The quantitative estimate of drug-likeness (QED) is 0.750. The molecular weight excluding hydrogens is 212 g/mol. The van der Waals surface area contributed by atoms with Crippen LogP contribution in [0.3, 0.4) is 0 Å². The first-order valence-corrected chi connectivity index (χ1v) is 7.19. The van der Waals surface area contributed by atoms with Crippen molar-refractivity contribution in [2.75, 3.05) is 6.61 Å². The molecule has 0 aromatic heterocycles. The highest BCUT2D eigenvalue weighted by molar-refractivity contribution is 4.90. The number of hydrogen-bond acceptors (Lipinski definition) is 2. The fourth-order valence-corrected chi connectivity index (χ4v) is 2.62.